The van der Waals surface area contributed by atoms with Crippen LogP contribution in [0.1, 0.15) is 37.0 Å². The van der Waals surface area contributed by atoms with Gasteiger partial charge in [0.2, 0.25) is 6.79 Å². The van der Waals surface area contributed by atoms with Crippen molar-refractivity contribution < 1.29 is 47.1 Å². The Morgan fingerprint density at radius 1 is 1.06 bits per heavy atom. The van der Waals surface area contributed by atoms with Crippen LogP contribution in [0.25, 0.3) is 0 Å². The maximum absolute atomic E-state index is 12.9. The van der Waals surface area contributed by atoms with Gasteiger partial charge in [-0.15, -0.1) is 0 Å². The summed E-state index contributed by atoms with van der Waals surface area (Å²) in [6, 6.07) is 23.3. The number of amides is 1. The highest BCUT2D eigenvalue weighted by atomic mass is 32.2. The smallest absolute Gasteiger partial charge is 0.407 e. The van der Waals surface area contributed by atoms with Crippen molar-refractivity contribution in [2.75, 3.05) is 33.1 Å². The minimum absolute atomic E-state index is 0.0385. The molecule has 3 heterocycles. The summed E-state index contributed by atoms with van der Waals surface area (Å²) in [6.07, 6.45) is -1.80. The summed E-state index contributed by atoms with van der Waals surface area (Å²) in [4.78, 5) is 12.9. The van der Waals surface area contributed by atoms with Gasteiger partial charge in [0.05, 0.1) is 42.9 Å². The zero-order valence-corrected chi connectivity index (χ0v) is 28.8. The molecule has 50 heavy (non-hydrogen) atoms. The van der Waals surface area contributed by atoms with E-state index >= 15 is 0 Å². The Kier molecular flexibility index (Phi) is 13.4. The highest BCUT2D eigenvalue weighted by Crippen LogP contribution is 2.33. The molecule has 6 rings (SSSR count). The molecule has 13 nitrogen and oxygen atoms in total. The summed E-state index contributed by atoms with van der Waals surface area (Å²) < 4.78 is 57.4. The molecule has 2 saturated heterocycles. The molecule has 3 aromatic rings. The lowest BCUT2D eigenvalue weighted by Gasteiger charge is -2.32. The molecule has 6 atom stereocenters. The monoisotopic (exact) mass is 708 g/mol. The number of ether oxygens (including phenoxy) is 6. The number of aliphatic hydroxyl groups is 1. The molecular weight excluding hydrogens is 666 g/mol. The first-order valence-corrected chi connectivity index (χ1v) is 17.5. The summed E-state index contributed by atoms with van der Waals surface area (Å²) in [5.74, 6) is 2.31. The Hall–Kier alpha value is -4.23. The summed E-state index contributed by atoms with van der Waals surface area (Å²) in [6.45, 7) is 5.24. The molecule has 0 radical (unpaired) electrons. The van der Waals surface area contributed by atoms with Crippen molar-refractivity contribution in [3.05, 3.63) is 89.5 Å². The van der Waals surface area contributed by atoms with E-state index in [4.69, 9.17) is 33.7 Å². The summed E-state index contributed by atoms with van der Waals surface area (Å²) in [5.41, 5.74) is 2.21. The number of fused-ring (bicyclic) bond motifs is 2. The first-order valence-electron chi connectivity index (χ1n) is 16.5. The SMILES string of the molecule is CC(C)CN(C[C@@H](O)[C@H](Cc1ccc(OCc2cccc(C#N)c2)cc1)NC(=O)O[C@H]1CO[C@H]2OCC[C@H]21)S(=O)[O-].c1ccc2c(c1)OCO2. The number of para-hydroxylation sites is 2. The lowest BCUT2D eigenvalue weighted by Crippen LogP contribution is -2.51. The van der Waals surface area contributed by atoms with Crippen molar-refractivity contribution in [1.29, 1.82) is 5.26 Å². The minimum Gasteiger partial charge on any atom is -0.760 e. The van der Waals surface area contributed by atoms with Gasteiger partial charge in [0.25, 0.3) is 0 Å². The topological polar surface area (TPSA) is 172 Å². The third-order valence-electron chi connectivity index (χ3n) is 8.30. The maximum Gasteiger partial charge on any atom is 0.407 e. The first-order chi connectivity index (χ1) is 24.2. The Labute approximate surface area is 294 Å². The molecule has 1 amide bonds. The van der Waals surface area contributed by atoms with Gasteiger partial charge in [-0.3, -0.25) is 4.21 Å². The van der Waals surface area contributed by atoms with Crippen molar-refractivity contribution in [1.82, 2.24) is 9.62 Å². The van der Waals surface area contributed by atoms with Gasteiger partial charge in [-0.05, 0) is 66.3 Å². The van der Waals surface area contributed by atoms with Crippen LogP contribution in [0.4, 0.5) is 4.79 Å². The second kappa shape index (κ2) is 18.1. The molecule has 0 aliphatic carbocycles. The summed E-state index contributed by atoms with van der Waals surface area (Å²) >= 11 is -2.54. The fraction of sp³-hybridized carbons (Fsp3) is 0.444. The standard InChI is InChI=1S/C29H37N3O8S.C7H6O2/c1-19(2)15-32(41(35)36)16-26(33)25(31-29(34)40-27-18-39-28-24(27)10-11-37-28)13-20-6-8-23(9-7-20)38-17-22-5-3-4-21(12-22)14-30;1-2-4-7-6(3-1)8-5-9-7/h3-9,12,19,24-28,33H,10-11,13,15-18H2,1-2H3,(H,31,34)(H,35,36);1-4H,5H2/p-1/t24-,25-,26+,27-,28+;/m0./s1. The molecule has 0 saturated carbocycles. The van der Waals surface area contributed by atoms with Crippen LogP contribution >= 0.6 is 0 Å². The molecule has 1 unspecified atom stereocenters. The van der Waals surface area contributed by atoms with E-state index in [2.05, 4.69) is 11.4 Å². The number of hydrogen-bond acceptors (Lipinski definition) is 11. The van der Waals surface area contributed by atoms with Gasteiger partial charge in [-0.25, -0.2) is 9.10 Å². The summed E-state index contributed by atoms with van der Waals surface area (Å²) in [5, 5.41) is 22.9. The Morgan fingerprint density at radius 2 is 1.80 bits per heavy atom. The Balaban J connectivity index is 0.000000462. The number of nitrogens with one attached hydrogen (secondary N) is 1. The van der Waals surface area contributed by atoms with Crippen LogP contribution in [-0.2, 0) is 38.5 Å². The van der Waals surface area contributed by atoms with E-state index in [1.807, 2.05) is 56.3 Å². The van der Waals surface area contributed by atoms with Gasteiger partial charge < -0.3 is 43.4 Å². The number of carbonyl (C=O) groups is 1. The van der Waals surface area contributed by atoms with E-state index in [-0.39, 0.29) is 44.2 Å². The average Bonchev–Trinajstić information content (AvgIpc) is 3.87. The van der Waals surface area contributed by atoms with Gasteiger partial charge in [0, 0.05) is 24.4 Å². The molecule has 0 bridgehead atoms. The second-order valence-electron chi connectivity index (χ2n) is 12.5. The molecular formula is C36H42N3O10S-. The van der Waals surface area contributed by atoms with Gasteiger partial charge in [-0.2, -0.15) is 5.26 Å². The number of alkyl carbamates (subject to hydrolysis) is 1. The predicted octanol–water partition coefficient (Wildman–Crippen LogP) is 4.06. The van der Waals surface area contributed by atoms with Crippen LogP contribution in [0, 0.1) is 23.2 Å². The predicted molar refractivity (Wildman–Crippen MR) is 181 cm³/mol. The zero-order valence-electron chi connectivity index (χ0n) is 28.0. The quantitative estimate of drug-likeness (QED) is 0.245. The van der Waals surface area contributed by atoms with E-state index < -0.39 is 35.6 Å². The molecule has 3 aliphatic rings. The number of carbonyl (C=O) groups excluding carboxylic acids is 1. The average molecular weight is 709 g/mol. The van der Waals surface area contributed by atoms with Gasteiger partial charge >= 0.3 is 6.09 Å². The highest BCUT2D eigenvalue weighted by Gasteiger charge is 2.44. The van der Waals surface area contributed by atoms with Crippen LogP contribution in [0.5, 0.6) is 17.2 Å². The number of nitriles is 1. The third kappa shape index (κ3) is 10.6. The van der Waals surface area contributed by atoms with Gasteiger partial charge in [-0.1, -0.05) is 50.2 Å². The van der Waals surface area contributed by atoms with Crippen molar-refractivity contribution in [3.63, 3.8) is 0 Å². The molecule has 2 fully saturated rings. The van der Waals surface area contributed by atoms with Crippen LogP contribution in [0.3, 0.4) is 0 Å². The largest absolute Gasteiger partial charge is 0.760 e. The van der Waals surface area contributed by atoms with Crippen molar-refractivity contribution in [2.24, 2.45) is 11.8 Å². The van der Waals surface area contributed by atoms with Gasteiger partial charge in [0.15, 0.2) is 17.8 Å². The lowest BCUT2D eigenvalue weighted by molar-refractivity contribution is -0.0907. The van der Waals surface area contributed by atoms with Crippen molar-refractivity contribution >= 4 is 17.4 Å². The summed E-state index contributed by atoms with van der Waals surface area (Å²) in [7, 11) is 0. The molecule has 3 aromatic carbocycles. The van der Waals surface area contributed by atoms with Crippen molar-refractivity contribution in [2.45, 2.75) is 57.8 Å². The molecule has 0 aromatic heterocycles. The Morgan fingerprint density at radius 3 is 2.48 bits per heavy atom. The fourth-order valence-corrected chi connectivity index (χ4v) is 6.51. The van der Waals surface area contributed by atoms with E-state index in [9.17, 15) is 18.7 Å². The number of aliphatic hydroxyl groups excluding tert-OH is 1. The molecule has 14 heteroatoms. The van der Waals surface area contributed by atoms with Crippen LogP contribution < -0.4 is 19.5 Å². The fourth-order valence-electron chi connectivity index (χ4n) is 5.81. The van der Waals surface area contributed by atoms with E-state index in [1.54, 1.807) is 30.3 Å². The molecule has 2 N–H and O–H groups in total. The Bertz CT molecular complexity index is 1600. The van der Waals surface area contributed by atoms with Gasteiger partial charge in [0.1, 0.15) is 18.5 Å². The van der Waals surface area contributed by atoms with Crippen LogP contribution in [0.2, 0.25) is 0 Å². The van der Waals surface area contributed by atoms with Crippen molar-refractivity contribution in [3.8, 4) is 23.3 Å². The lowest BCUT2D eigenvalue weighted by atomic mass is 10.0. The second-order valence-corrected chi connectivity index (χ2v) is 13.5. The van der Waals surface area contributed by atoms with E-state index in [1.165, 1.54) is 0 Å². The maximum atomic E-state index is 12.9. The molecule has 0 spiro atoms. The van der Waals surface area contributed by atoms with Crippen LogP contribution in [0.15, 0.2) is 72.8 Å². The number of rotatable bonds is 13. The number of nitrogens with zero attached hydrogens (tertiary/aromatic N) is 2. The van der Waals surface area contributed by atoms with E-state index in [0.29, 0.717) is 31.3 Å². The third-order valence-corrected chi connectivity index (χ3v) is 9.02. The van der Waals surface area contributed by atoms with E-state index in [0.717, 1.165) is 33.4 Å². The first kappa shape index (κ1) is 37.0. The minimum atomic E-state index is -2.54. The normalized spacial score (nSPS) is 20.6. The number of benzene rings is 3. The zero-order chi connectivity index (χ0) is 35.5. The highest BCUT2D eigenvalue weighted by molar-refractivity contribution is 7.76. The number of hydrogen-bond donors (Lipinski definition) is 2. The molecule has 268 valence electrons. The molecule has 3 aliphatic heterocycles. The van der Waals surface area contributed by atoms with Crippen LogP contribution in [-0.4, -0.2) is 81.9 Å².